The maximum atomic E-state index is 12.4. The highest BCUT2D eigenvalue weighted by molar-refractivity contribution is 6.99. The van der Waals surface area contributed by atoms with E-state index in [1.54, 1.807) is 18.0 Å². The third-order valence-electron chi connectivity index (χ3n) is 3.23. The van der Waals surface area contributed by atoms with Crippen LogP contribution in [0.3, 0.4) is 0 Å². The van der Waals surface area contributed by atoms with Crippen molar-refractivity contribution in [2.45, 2.75) is 13.0 Å². The van der Waals surface area contributed by atoms with Gasteiger partial charge in [0.05, 0.1) is 36.3 Å². The number of hydrogen-bond acceptors (Lipinski definition) is 6. The Labute approximate surface area is 120 Å². The number of carbonyl (C=O) groups excluding carboxylic acids is 1. The molecule has 1 unspecified atom stereocenters. The molecular weight excluding hydrogens is 276 g/mol. The Hall–Kier alpha value is -1.86. The first kappa shape index (κ1) is 13.1. The SMILES string of the molecule is Cc1nsnc1C(=O)N1CCOC(c2ccccn2)C1. The third kappa shape index (κ3) is 2.54. The van der Waals surface area contributed by atoms with E-state index in [0.717, 1.165) is 17.4 Å². The first-order valence-electron chi connectivity index (χ1n) is 6.36. The van der Waals surface area contributed by atoms with Gasteiger partial charge >= 0.3 is 0 Å². The number of amides is 1. The molecule has 0 radical (unpaired) electrons. The molecule has 1 saturated heterocycles. The second-order valence-electron chi connectivity index (χ2n) is 4.56. The molecule has 3 rings (SSSR count). The monoisotopic (exact) mass is 290 g/mol. The zero-order valence-electron chi connectivity index (χ0n) is 11.0. The van der Waals surface area contributed by atoms with Crippen LogP contribution in [0.15, 0.2) is 24.4 Å². The fourth-order valence-electron chi connectivity index (χ4n) is 2.15. The summed E-state index contributed by atoms with van der Waals surface area (Å²) in [7, 11) is 0. The van der Waals surface area contributed by atoms with Gasteiger partial charge in [0.25, 0.3) is 5.91 Å². The minimum Gasteiger partial charge on any atom is -0.368 e. The summed E-state index contributed by atoms with van der Waals surface area (Å²) in [6.45, 7) is 3.36. The van der Waals surface area contributed by atoms with Gasteiger partial charge in [0.1, 0.15) is 6.10 Å². The number of aromatic nitrogens is 3. The van der Waals surface area contributed by atoms with Crippen LogP contribution in [0.4, 0.5) is 0 Å². The molecule has 2 aromatic heterocycles. The average Bonchev–Trinajstić information content (AvgIpc) is 2.94. The van der Waals surface area contributed by atoms with E-state index in [1.165, 1.54) is 0 Å². The molecule has 20 heavy (non-hydrogen) atoms. The van der Waals surface area contributed by atoms with Crippen LogP contribution in [0.1, 0.15) is 28.0 Å². The first-order valence-corrected chi connectivity index (χ1v) is 7.09. The number of ether oxygens (including phenoxy) is 1. The molecule has 6 nitrogen and oxygen atoms in total. The molecule has 1 aliphatic heterocycles. The molecule has 1 fully saturated rings. The smallest absolute Gasteiger partial charge is 0.275 e. The second kappa shape index (κ2) is 5.64. The summed E-state index contributed by atoms with van der Waals surface area (Å²) in [6.07, 6.45) is 1.55. The summed E-state index contributed by atoms with van der Waals surface area (Å²) in [5.74, 6) is -0.0829. The van der Waals surface area contributed by atoms with Crippen LogP contribution in [0.25, 0.3) is 0 Å². The molecule has 0 saturated carbocycles. The predicted molar refractivity (Wildman–Crippen MR) is 73.5 cm³/mol. The van der Waals surface area contributed by atoms with Gasteiger partial charge in [-0.3, -0.25) is 9.78 Å². The summed E-state index contributed by atoms with van der Waals surface area (Å²) < 4.78 is 13.8. The van der Waals surface area contributed by atoms with Crippen LogP contribution in [0.2, 0.25) is 0 Å². The van der Waals surface area contributed by atoms with Gasteiger partial charge in [-0.05, 0) is 19.1 Å². The van der Waals surface area contributed by atoms with E-state index in [2.05, 4.69) is 13.7 Å². The van der Waals surface area contributed by atoms with Gasteiger partial charge in [0.2, 0.25) is 0 Å². The van der Waals surface area contributed by atoms with Gasteiger partial charge in [0, 0.05) is 12.7 Å². The quantitative estimate of drug-likeness (QED) is 0.837. The van der Waals surface area contributed by atoms with Crippen molar-refractivity contribution in [3.05, 3.63) is 41.5 Å². The fourth-order valence-corrected chi connectivity index (χ4v) is 2.70. The third-order valence-corrected chi connectivity index (χ3v) is 3.85. The summed E-state index contributed by atoms with van der Waals surface area (Å²) in [5.41, 5.74) is 1.97. The lowest BCUT2D eigenvalue weighted by molar-refractivity contribution is -0.0249. The minimum atomic E-state index is -0.180. The molecule has 0 aliphatic carbocycles. The highest BCUT2D eigenvalue weighted by atomic mass is 32.1. The molecule has 7 heteroatoms. The van der Waals surface area contributed by atoms with Gasteiger partial charge in [-0.2, -0.15) is 8.75 Å². The van der Waals surface area contributed by atoms with Crippen molar-refractivity contribution in [3.63, 3.8) is 0 Å². The highest BCUT2D eigenvalue weighted by Gasteiger charge is 2.28. The summed E-state index contributed by atoms with van der Waals surface area (Å²) >= 11 is 1.06. The van der Waals surface area contributed by atoms with Crippen LogP contribution in [0, 0.1) is 6.92 Å². The zero-order chi connectivity index (χ0) is 13.9. The Morgan fingerprint density at radius 2 is 2.35 bits per heavy atom. The number of rotatable bonds is 2. The maximum Gasteiger partial charge on any atom is 0.275 e. The maximum absolute atomic E-state index is 12.4. The molecule has 0 bridgehead atoms. The van der Waals surface area contributed by atoms with Gasteiger partial charge in [-0.1, -0.05) is 6.07 Å². The first-order chi connectivity index (χ1) is 9.75. The van der Waals surface area contributed by atoms with Crippen LogP contribution in [0.5, 0.6) is 0 Å². The van der Waals surface area contributed by atoms with Crippen LogP contribution < -0.4 is 0 Å². The summed E-state index contributed by atoms with van der Waals surface area (Å²) in [4.78, 5) is 18.5. The van der Waals surface area contributed by atoms with Crippen molar-refractivity contribution in [3.8, 4) is 0 Å². The number of carbonyl (C=O) groups is 1. The Balaban J connectivity index is 1.76. The van der Waals surface area contributed by atoms with Crippen molar-refractivity contribution in [2.24, 2.45) is 0 Å². The van der Waals surface area contributed by atoms with Crippen molar-refractivity contribution in [1.82, 2.24) is 18.6 Å². The molecular formula is C13H14N4O2S. The van der Waals surface area contributed by atoms with Crippen LogP contribution in [-0.2, 0) is 4.74 Å². The van der Waals surface area contributed by atoms with Gasteiger partial charge in [-0.15, -0.1) is 0 Å². The Kier molecular flexibility index (Phi) is 3.70. The van der Waals surface area contributed by atoms with E-state index in [-0.39, 0.29) is 12.0 Å². The molecule has 0 N–H and O–H groups in total. The van der Waals surface area contributed by atoms with E-state index >= 15 is 0 Å². The average molecular weight is 290 g/mol. The Morgan fingerprint density at radius 1 is 1.45 bits per heavy atom. The van der Waals surface area contributed by atoms with Crippen molar-refractivity contribution < 1.29 is 9.53 Å². The summed E-state index contributed by atoms with van der Waals surface area (Å²) in [6, 6.07) is 5.69. The van der Waals surface area contributed by atoms with E-state index in [4.69, 9.17) is 4.74 Å². The molecule has 0 aromatic carbocycles. The Bertz CT molecular complexity index is 601. The lowest BCUT2D eigenvalue weighted by atomic mass is 10.1. The zero-order valence-corrected chi connectivity index (χ0v) is 11.8. The molecule has 3 heterocycles. The standard InChI is InChI=1S/C13H14N4O2S/c1-9-12(16-20-15-9)13(18)17-6-7-19-11(8-17)10-4-2-3-5-14-10/h2-5,11H,6-8H2,1H3. The predicted octanol–water partition coefficient (Wildman–Crippen LogP) is 1.46. The van der Waals surface area contributed by atoms with Gasteiger partial charge < -0.3 is 9.64 Å². The molecule has 2 aromatic rings. The van der Waals surface area contributed by atoms with E-state index in [9.17, 15) is 4.79 Å². The molecule has 0 spiro atoms. The largest absolute Gasteiger partial charge is 0.368 e. The number of nitrogens with zero attached hydrogens (tertiary/aromatic N) is 4. The fraction of sp³-hybridized carbons (Fsp3) is 0.385. The minimum absolute atomic E-state index is 0.0829. The van der Waals surface area contributed by atoms with Gasteiger partial charge in [0.15, 0.2) is 5.69 Å². The number of aryl methyl sites for hydroxylation is 1. The van der Waals surface area contributed by atoms with E-state index in [0.29, 0.717) is 31.1 Å². The summed E-state index contributed by atoms with van der Waals surface area (Å²) in [5, 5.41) is 0. The van der Waals surface area contributed by atoms with Crippen molar-refractivity contribution in [2.75, 3.05) is 19.7 Å². The molecule has 104 valence electrons. The normalized spacial score (nSPS) is 19.1. The van der Waals surface area contributed by atoms with Crippen molar-refractivity contribution >= 4 is 17.6 Å². The second-order valence-corrected chi connectivity index (χ2v) is 5.09. The van der Waals surface area contributed by atoms with Gasteiger partial charge in [-0.25, -0.2) is 0 Å². The van der Waals surface area contributed by atoms with E-state index in [1.807, 2.05) is 18.2 Å². The number of pyridine rings is 1. The molecule has 1 aliphatic rings. The van der Waals surface area contributed by atoms with E-state index < -0.39 is 0 Å². The van der Waals surface area contributed by atoms with Crippen molar-refractivity contribution in [1.29, 1.82) is 0 Å². The number of hydrogen-bond donors (Lipinski definition) is 0. The highest BCUT2D eigenvalue weighted by Crippen LogP contribution is 2.21. The van der Waals surface area contributed by atoms with Crippen LogP contribution in [-0.4, -0.2) is 44.2 Å². The lowest BCUT2D eigenvalue weighted by Crippen LogP contribution is -2.42. The molecule has 1 atom stereocenters. The Morgan fingerprint density at radius 3 is 3.05 bits per heavy atom. The van der Waals surface area contributed by atoms with Crippen LogP contribution >= 0.6 is 11.7 Å². The number of morpholine rings is 1. The lowest BCUT2D eigenvalue weighted by Gasteiger charge is -2.32. The topological polar surface area (TPSA) is 68.2 Å². The molecule has 1 amide bonds.